The van der Waals surface area contributed by atoms with Crippen molar-refractivity contribution in [2.75, 3.05) is 42.9 Å². The number of aromatic nitrogens is 1. The van der Waals surface area contributed by atoms with Gasteiger partial charge in [0.1, 0.15) is 5.69 Å². The lowest BCUT2D eigenvalue weighted by Crippen LogP contribution is -2.44. The number of thiocarbonyl (C=S) groups is 1. The monoisotopic (exact) mass is 539 g/mol. The molecule has 1 aromatic heterocycles. The molecule has 1 aromatic carbocycles. The van der Waals surface area contributed by atoms with Gasteiger partial charge in [-0.2, -0.15) is 13.2 Å². The second-order valence-electron chi connectivity index (χ2n) is 9.30. The summed E-state index contributed by atoms with van der Waals surface area (Å²) in [5.41, 5.74) is 0.233. The minimum absolute atomic E-state index is 0.170. The summed E-state index contributed by atoms with van der Waals surface area (Å²) in [6, 6.07) is 3.54. The highest BCUT2D eigenvalue weighted by Gasteiger charge is 2.32. The van der Waals surface area contributed by atoms with E-state index in [1.165, 1.54) is 17.4 Å². The summed E-state index contributed by atoms with van der Waals surface area (Å²) in [5.74, 6) is -0.254. The van der Waals surface area contributed by atoms with Gasteiger partial charge in [0.15, 0.2) is 5.11 Å². The van der Waals surface area contributed by atoms with Gasteiger partial charge in [0.2, 0.25) is 0 Å². The van der Waals surface area contributed by atoms with E-state index < -0.39 is 17.6 Å². The molecule has 196 valence electrons. The molecule has 6 nitrogen and oxygen atoms in total. The zero-order valence-corrected chi connectivity index (χ0v) is 22.0. The van der Waals surface area contributed by atoms with Crippen molar-refractivity contribution in [3.05, 3.63) is 39.8 Å². The van der Waals surface area contributed by atoms with Crippen molar-refractivity contribution in [1.29, 1.82) is 0 Å². The van der Waals surface area contributed by atoms with Crippen LogP contribution in [0.3, 0.4) is 0 Å². The number of nitrogens with one attached hydrogen (secondary N) is 2. The van der Waals surface area contributed by atoms with E-state index in [2.05, 4.69) is 27.4 Å². The molecular weight excluding hydrogens is 507 g/mol. The number of likely N-dealkylation sites (tertiary alicyclic amines) is 1. The number of alkyl halides is 3. The zero-order chi connectivity index (χ0) is 25.7. The number of benzene rings is 1. The van der Waals surface area contributed by atoms with Gasteiger partial charge in [-0.3, -0.25) is 4.79 Å². The van der Waals surface area contributed by atoms with Crippen molar-refractivity contribution in [1.82, 2.24) is 15.2 Å². The maximum absolute atomic E-state index is 13.3. The van der Waals surface area contributed by atoms with Crippen molar-refractivity contribution in [2.45, 2.75) is 57.5 Å². The summed E-state index contributed by atoms with van der Waals surface area (Å²) >= 11 is 6.93. The van der Waals surface area contributed by atoms with Crippen LogP contribution in [0.25, 0.3) is 0 Å². The fourth-order valence-corrected chi connectivity index (χ4v) is 5.88. The van der Waals surface area contributed by atoms with Crippen molar-refractivity contribution in [2.24, 2.45) is 0 Å². The van der Waals surface area contributed by atoms with Gasteiger partial charge < -0.3 is 20.4 Å². The van der Waals surface area contributed by atoms with E-state index in [0.717, 1.165) is 93.5 Å². The summed E-state index contributed by atoms with van der Waals surface area (Å²) < 4.78 is 40.0. The number of amides is 1. The van der Waals surface area contributed by atoms with Gasteiger partial charge in [-0.15, -0.1) is 11.3 Å². The number of carbonyl (C=O) groups excluding carboxylic acids is 1. The molecule has 3 heterocycles. The quantitative estimate of drug-likeness (QED) is 0.339. The maximum atomic E-state index is 13.3. The molecule has 2 N–H and O–H groups in total. The number of anilines is 2. The third-order valence-corrected chi connectivity index (χ3v) is 8.12. The number of piperidine rings is 1. The summed E-state index contributed by atoms with van der Waals surface area (Å²) in [6.07, 6.45) is 1.43. The highest BCUT2D eigenvalue weighted by atomic mass is 32.1. The molecule has 2 aliphatic heterocycles. The summed E-state index contributed by atoms with van der Waals surface area (Å²) in [5, 5.41) is 9.38. The molecule has 2 aliphatic rings. The smallest absolute Gasteiger partial charge is 0.370 e. The second-order valence-corrected chi connectivity index (χ2v) is 10.6. The largest absolute Gasteiger partial charge is 0.416 e. The Morgan fingerprint density at radius 3 is 2.58 bits per heavy atom. The van der Waals surface area contributed by atoms with Crippen LogP contribution in [0.5, 0.6) is 0 Å². The molecule has 0 atom stereocenters. The third-order valence-electron chi connectivity index (χ3n) is 6.71. The number of carbonyl (C=O) groups is 1. The van der Waals surface area contributed by atoms with Gasteiger partial charge in [-0.1, -0.05) is 13.3 Å². The summed E-state index contributed by atoms with van der Waals surface area (Å²) in [6.45, 7) is 6.19. The molecule has 0 spiro atoms. The Labute approximate surface area is 219 Å². The fourth-order valence-electron chi connectivity index (χ4n) is 4.63. The van der Waals surface area contributed by atoms with E-state index in [1.54, 1.807) is 5.38 Å². The molecule has 0 aliphatic carbocycles. The normalized spacial score (nSPS) is 16.9. The molecule has 2 fully saturated rings. The first kappa shape index (κ1) is 26.7. The number of hydrogen-bond acceptors (Lipinski definition) is 5. The van der Waals surface area contributed by atoms with Crippen molar-refractivity contribution in [3.8, 4) is 0 Å². The van der Waals surface area contributed by atoms with Crippen LogP contribution in [0.15, 0.2) is 23.6 Å². The number of thiazole rings is 1. The molecule has 2 aromatic rings. The molecule has 0 saturated carbocycles. The minimum atomic E-state index is -4.49. The number of rotatable bonds is 7. The first-order chi connectivity index (χ1) is 17.3. The highest BCUT2D eigenvalue weighted by molar-refractivity contribution is 7.80. The number of halogens is 3. The van der Waals surface area contributed by atoms with Crippen molar-refractivity contribution in [3.63, 3.8) is 0 Å². The molecule has 0 unspecified atom stereocenters. The van der Waals surface area contributed by atoms with E-state index in [1.807, 2.05) is 4.90 Å². The molecule has 0 radical (unpaired) electrons. The third kappa shape index (κ3) is 6.47. The number of unbranched alkanes of at least 4 members (excludes halogenated alkanes) is 1. The van der Waals surface area contributed by atoms with Crippen LogP contribution in [-0.2, 0) is 6.18 Å². The van der Waals surface area contributed by atoms with E-state index in [-0.39, 0.29) is 17.3 Å². The van der Waals surface area contributed by atoms with Gasteiger partial charge in [-0.25, -0.2) is 4.98 Å². The Morgan fingerprint density at radius 1 is 1.19 bits per heavy atom. The predicted octanol–water partition coefficient (Wildman–Crippen LogP) is 5.87. The lowest BCUT2D eigenvalue weighted by Gasteiger charge is -2.33. The van der Waals surface area contributed by atoms with Crippen LogP contribution < -0.4 is 15.5 Å². The van der Waals surface area contributed by atoms with E-state index in [9.17, 15) is 18.0 Å². The molecule has 4 rings (SSSR count). The Hall–Kier alpha value is -2.40. The van der Waals surface area contributed by atoms with Gasteiger partial charge in [0, 0.05) is 44.0 Å². The Balaban J connectivity index is 1.41. The summed E-state index contributed by atoms with van der Waals surface area (Å²) in [4.78, 5) is 21.8. The Bertz CT molecular complexity index is 1060. The molecule has 0 bridgehead atoms. The van der Waals surface area contributed by atoms with Crippen LogP contribution >= 0.6 is 23.6 Å². The topological polar surface area (TPSA) is 60.5 Å². The number of nitrogens with zero attached hydrogens (tertiary/aromatic N) is 3. The van der Waals surface area contributed by atoms with Crippen LogP contribution in [0.1, 0.15) is 72.4 Å². The SMILES string of the molecule is CCCCNC(=S)N1CCC(c2nc(C(=O)Nc3cc(C(F)(F)F)ccc3N3CCCC3)cs2)CC1. The van der Waals surface area contributed by atoms with Crippen molar-refractivity contribution >= 4 is 45.9 Å². The number of hydrogen-bond donors (Lipinski definition) is 2. The fraction of sp³-hybridized carbons (Fsp3) is 0.560. The molecule has 36 heavy (non-hydrogen) atoms. The van der Waals surface area contributed by atoms with Crippen LogP contribution in [0.2, 0.25) is 0 Å². The van der Waals surface area contributed by atoms with Crippen molar-refractivity contribution < 1.29 is 18.0 Å². The Kier molecular flexibility index (Phi) is 8.71. The highest BCUT2D eigenvalue weighted by Crippen LogP contribution is 2.37. The van der Waals surface area contributed by atoms with Gasteiger partial charge in [-0.05, 0) is 62.5 Å². The average molecular weight is 540 g/mol. The standard InChI is InChI=1S/C25H32F3N5OS2/c1-2-3-10-29-24(35)33-13-8-17(9-14-33)23-31-20(16-36-23)22(34)30-19-15-18(25(26,27)28)6-7-21(19)32-11-4-5-12-32/h6-7,15-17H,2-5,8-14H2,1H3,(H,29,35)(H,30,34). The van der Waals surface area contributed by atoms with Gasteiger partial charge in [0.05, 0.1) is 21.9 Å². The average Bonchev–Trinajstić information content (AvgIpc) is 3.56. The van der Waals surface area contributed by atoms with E-state index in [4.69, 9.17) is 12.2 Å². The predicted molar refractivity (Wildman–Crippen MR) is 142 cm³/mol. The lowest BCUT2D eigenvalue weighted by molar-refractivity contribution is -0.137. The van der Waals surface area contributed by atoms with Crippen LogP contribution in [0.4, 0.5) is 24.5 Å². The van der Waals surface area contributed by atoms with Gasteiger partial charge >= 0.3 is 6.18 Å². The lowest BCUT2D eigenvalue weighted by atomic mass is 9.98. The molecule has 1 amide bonds. The van der Waals surface area contributed by atoms with Crippen LogP contribution in [0, 0.1) is 0 Å². The zero-order valence-electron chi connectivity index (χ0n) is 20.4. The second kappa shape index (κ2) is 11.8. The first-order valence-electron chi connectivity index (χ1n) is 12.5. The van der Waals surface area contributed by atoms with Gasteiger partial charge in [0.25, 0.3) is 5.91 Å². The molecular formula is C25H32F3N5OS2. The maximum Gasteiger partial charge on any atom is 0.416 e. The first-order valence-corrected chi connectivity index (χ1v) is 13.8. The van der Waals surface area contributed by atoms with Crippen LogP contribution in [-0.4, -0.2) is 53.6 Å². The summed E-state index contributed by atoms with van der Waals surface area (Å²) in [7, 11) is 0. The minimum Gasteiger partial charge on any atom is -0.370 e. The Morgan fingerprint density at radius 2 is 1.92 bits per heavy atom. The molecule has 2 saturated heterocycles. The molecule has 11 heteroatoms. The van der Waals surface area contributed by atoms with E-state index in [0.29, 0.717) is 5.69 Å². The van der Waals surface area contributed by atoms with E-state index >= 15 is 0 Å².